The second kappa shape index (κ2) is 11.3. The lowest BCUT2D eigenvalue weighted by molar-refractivity contribution is -0.0591. The minimum absolute atomic E-state index is 0.0665. The Kier molecular flexibility index (Phi) is 7.59. The highest BCUT2D eigenvalue weighted by atomic mass is 35.5. The normalized spacial score (nSPS) is 17.6. The number of hydrogen-bond acceptors (Lipinski definition) is 7. The summed E-state index contributed by atoms with van der Waals surface area (Å²) in [7, 11) is 0. The van der Waals surface area contributed by atoms with Crippen molar-refractivity contribution >= 4 is 44.8 Å². The number of aromatic nitrogens is 3. The molecule has 0 saturated carbocycles. The fraction of sp³-hybridized carbons (Fsp3) is 0.345. The summed E-state index contributed by atoms with van der Waals surface area (Å²) in [5, 5.41) is 9.77. The Balaban J connectivity index is 1.15. The van der Waals surface area contributed by atoms with Crippen molar-refractivity contribution in [2.24, 2.45) is 0 Å². The fourth-order valence-corrected chi connectivity index (χ4v) is 5.98. The molecule has 2 aliphatic rings. The third-order valence-electron chi connectivity index (χ3n) is 7.33. The van der Waals surface area contributed by atoms with Crippen LogP contribution in [0.4, 0.5) is 4.39 Å². The van der Waals surface area contributed by atoms with Gasteiger partial charge in [0.25, 0.3) is 0 Å². The van der Waals surface area contributed by atoms with Crippen molar-refractivity contribution < 1.29 is 23.8 Å². The Morgan fingerprint density at radius 1 is 1.27 bits per heavy atom. The van der Waals surface area contributed by atoms with Crippen LogP contribution in [-0.4, -0.2) is 56.3 Å². The fourth-order valence-electron chi connectivity index (χ4n) is 4.93. The van der Waals surface area contributed by atoms with E-state index < -0.39 is 11.8 Å². The number of thiophene rings is 1. The molecule has 1 saturated heterocycles. The largest absolute Gasteiger partial charge is 0.477 e. The van der Waals surface area contributed by atoms with E-state index in [9.17, 15) is 14.3 Å². The molecular weight excluding hydrogens is 555 g/mol. The minimum atomic E-state index is -0.930. The molecule has 1 atom stereocenters. The summed E-state index contributed by atoms with van der Waals surface area (Å²) in [4.78, 5) is 24.4. The van der Waals surface area contributed by atoms with E-state index >= 15 is 0 Å². The molecule has 3 aromatic heterocycles. The zero-order valence-corrected chi connectivity index (χ0v) is 23.5. The molecule has 0 amide bonds. The highest BCUT2D eigenvalue weighted by Crippen LogP contribution is 2.30. The number of carboxylic acids is 1. The highest BCUT2D eigenvalue weighted by Gasteiger charge is 2.25. The van der Waals surface area contributed by atoms with E-state index in [1.807, 2.05) is 19.1 Å². The summed E-state index contributed by atoms with van der Waals surface area (Å²) in [5.41, 5.74) is 4.14. The predicted molar refractivity (Wildman–Crippen MR) is 152 cm³/mol. The molecule has 40 heavy (non-hydrogen) atoms. The number of ether oxygens (including phenoxy) is 2. The van der Waals surface area contributed by atoms with Crippen molar-refractivity contribution in [1.29, 1.82) is 0 Å². The van der Waals surface area contributed by atoms with E-state index in [0.717, 1.165) is 65.5 Å². The van der Waals surface area contributed by atoms with Gasteiger partial charge in [-0.15, -0.1) is 11.3 Å². The first-order chi connectivity index (χ1) is 19.3. The number of carbonyl (C=O) groups is 1. The van der Waals surface area contributed by atoms with Gasteiger partial charge in [-0.3, -0.25) is 4.90 Å². The highest BCUT2D eigenvalue weighted by molar-refractivity contribution is 7.20. The third-order valence-corrected chi connectivity index (χ3v) is 8.58. The van der Waals surface area contributed by atoms with Crippen LogP contribution in [0, 0.1) is 12.7 Å². The molecule has 1 N–H and O–H groups in total. The van der Waals surface area contributed by atoms with Crippen LogP contribution in [0.15, 0.2) is 42.5 Å². The first-order valence-corrected chi connectivity index (χ1v) is 14.3. The lowest BCUT2D eigenvalue weighted by atomic mass is 10.0. The Labute approximate surface area is 239 Å². The van der Waals surface area contributed by atoms with Crippen molar-refractivity contribution in [3.63, 3.8) is 0 Å². The lowest BCUT2D eigenvalue weighted by Crippen LogP contribution is -2.33. The second-order valence-corrected chi connectivity index (χ2v) is 11.6. The summed E-state index contributed by atoms with van der Waals surface area (Å²) < 4.78 is 27.9. The molecule has 11 heteroatoms. The smallest absolute Gasteiger partial charge is 0.346 e. The molecule has 5 heterocycles. The summed E-state index contributed by atoms with van der Waals surface area (Å²) in [5.74, 6) is 0.0693. The quantitative estimate of drug-likeness (QED) is 0.261. The number of halogens is 2. The minimum Gasteiger partial charge on any atom is -0.477 e. The SMILES string of the molecule is Cc1ccc(C2=CCN(Cc3nc4sc(C(=O)O)cc4n3CC3CCO3)CC2)nc1OCc1ccc(Cl)cc1F. The van der Waals surface area contributed by atoms with Gasteiger partial charge in [-0.1, -0.05) is 29.8 Å². The number of pyridine rings is 1. The summed E-state index contributed by atoms with van der Waals surface area (Å²) in [6.07, 6.45) is 4.12. The van der Waals surface area contributed by atoms with Crippen molar-refractivity contribution in [3.8, 4) is 5.88 Å². The van der Waals surface area contributed by atoms with Crippen molar-refractivity contribution in [3.05, 3.63) is 80.8 Å². The van der Waals surface area contributed by atoms with E-state index in [1.165, 1.54) is 17.4 Å². The van der Waals surface area contributed by atoms with Gasteiger partial charge >= 0.3 is 5.97 Å². The monoisotopic (exact) mass is 582 g/mol. The van der Waals surface area contributed by atoms with Gasteiger partial charge in [-0.05, 0) is 49.6 Å². The maximum atomic E-state index is 14.2. The van der Waals surface area contributed by atoms with Gasteiger partial charge < -0.3 is 19.1 Å². The molecule has 0 aliphatic carbocycles. The van der Waals surface area contributed by atoms with Crippen molar-refractivity contribution in [2.45, 2.75) is 45.6 Å². The Morgan fingerprint density at radius 3 is 2.83 bits per heavy atom. The topological polar surface area (TPSA) is 89.7 Å². The van der Waals surface area contributed by atoms with E-state index in [2.05, 4.69) is 15.5 Å². The zero-order valence-electron chi connectivity index (χ0n) is 21.9. The van der Waals surface area contributed by atoms with Gasteiger partial charge in [0.05, 0.1) is 30.4 Å². The number of carboxylic acid groups (broad SMARTS) is 1. The maximum absolute atomic E-state index is 14.2. The Morgan fingerprint density at radius 2 is 2.12 bits per heavy atom. The maximum Gasteiger partial charge on any atom is 0.346 e. The number of imidazole rings is 1. The molecule has 0 radical (unpaired) electrons. The molecule has 8 nitrogen and oxygen atoms in total. The van der Waals surface area contributed by atoms with Gasteiger partial charge in [0, 0.05) is 35.8 Å². The molecule has 2 aliphatic heterocycles. The van der Waals surface area contributed by atoms with E-state index in [0.29, 0.717) is 34.4 Å². The number of fused-ring (bicyclic) bond motifs is 1. The van der Waals surface area contributed by atoms with Crippen LogP contribution in [0.25, 0.3) is 15.9 Å². The zero-order chi connectivity index (χ0) is 27.8. The van der Waals surface area contributed by atoms with E-state index in [4.69, 9.17) is 31.0 Å². The molecule has 6 rings (SSSR count). The first-order valence-electron chi connectivity index (χ1n) is 13.1. The number of rotatable bonds is 9. The Bertz CT molecular complexity index is 1610. The number of aryl methyl sites for hydroxylation is 1. The van der Waals surface area contributed by atoms with Crippen LogP contribution in [-0.2, 0) is 24.4 Å². The van der Waals surface area contributed by atoms with Gasteiger partial charge in [-0.25, -0.2) is 19.2 Å². The molecule has 208 valence electrons. The number of hydrogen-bond donors (Lipinski definition) is 1. The molecule has 0 bridgehead atoms. The van der Waals surface area contributed by atoms with E-state index in [1.54, 1.807) is 18.2 Å². The van der Waals surface area contributed by atoms with Crippen molar-refractivity contribution in [1.82, 2.24) is 19.4 Å². The summed E-state index contributed by atoms with van der Waals surface area (Å²) in [6.45, 7) is 5.64. The van der Waals surface area contributed by atoms with Gasteiger partial charge in [0.2, 0.25) is 5.88 Å². The second-order valence-electron chi connectivity index (χ2n) is 10.1. The number of aromatic carboxylic acids is 1. The molecule has 1 unspecified atom stereocenters. The predicted octanol–water partition coefficient (Wildman–Crippen LogP) is 5.95. The third kappa shape index (κ3) is 5.62. The molecule has 1 aromatic carbocycles. The summed E-state index contributed by atoms with van der Waals surface area (Å²) in [6, 6.07) is 10.2. The Hall–Kier alpha value is -3.31. The van der Waals surface area contributed by atoms with Gasteiger partial charge in [0.1, 0.15) is 28.0 Å². The van der Waals surface area contributed by atoms with Crippen LogP contribution in [0.5, 0.6) is 5.88 Å². The summed E-state index contributed by atoms with van der Waals surface area (Å²) >= 11 is 7.06. The average Bonchev–Trinajstić information content (AvgIpc) is 3.45. The van der Waals surface area contributed by atoms with Crippen molar-refractivity contribution in [2.75, 3.05) is 19.7 Å². The molecule has 1 fully saturated rings. The number of benzene rings is 1. The van der Waals surface area contributed by atoms with Crippen LogP contribution in [0.2, 0.25) is 5.02 Å². The van der Waals surface area contributed by atoms with Crippen LogP contribution < -0.4 is 4.74 Å². The van der Waals surface area contributed by atoms with E-state index in [-0.39, 0.29) is 12.7 Å². The van der Waals surface area contributed by atoms with Crippen LogP contribution in [0.1, 0.15) is 45.2 Å². The average molecular weight is 583 g/mol. The van der Waals surface area contributed by atoms with Crippen LogP contribution >= 0.6 is 22.9 Å². The first kappa shape index (κ1) is 26.9. The molecule has 4 aromatic rings. The molecular formula is C29H28ClFN4O4S. The standard InChI is InChI=1S/C29H28ClFN4O4S/c1-17-2-5-23(32-27(17)39-16-19-3-4-20(30)12-22(19)31)18-6-9-34(10-7-18)15-26-33-28-24(13-25(40-28)29(36)37)35(26)14-21-8-11-38-21/h2-6,12-13,21H,7-11,14-16H2,1H3,(H,36,37). The lowest BCUT2D eigenvalue weighted by Gasteiger charge is -2.29. The number of nitrogens with zero attached hydrogens (tertiary/aromatic N) is 4. The van der Waals surface area contributed by atoms with Gasteiger partial charge in [-0.2, -0.15) is 0 Å². The van der Waals surface area contributed by atoms with Crippen LogP contribution in [0.3, 0.4) is 0 Å². The molecule has 0 spiro atoms. The van der Waals surface area contributed by atoms with Gasteiger partial charge in [0.15, 0.2) is 0 Å².